The molecule has 0 heterocycles. The average Bonchev–Trinajstić information content (AvgIpc) is 2.41. The molecule has 1 atom stereocenters. The standard InChI is InChI=1S/C13H20ClO3P.CO2/c1-4-13(11-8-7-9-12(14)10-11)18(15,16-5-2)17-6-3;2-1-3/h7-10,13H,4-6H2,1-3H3;. The maximum atomic E-state index is 12.8. The molecule has 0 aliphatic carbocycles. The van der Waals surface area contributed by atoms with Gasteiger partial charge in [0.25, 0.3) is 0 Å². The van der Waals surface area contributed by atoms with Crippen LogP contribution in [-0.4, -0.2) is 19.4 Å². The van der Waals surface area contributed by atoms with E-state index in [0.717, 1.165) is 5.56 Å². The van der Waals surface area contributed by atoms with E-state index in [-0.39, 0.29) is 11.8 Å². The van der Waals surface area contributed by atoms with E-state index in [1.54, 1.807) is 6.07 Å². The monoisotopic (exact) mass is 334 g/mol. The first-order valence-electron chi connectivity index (χ1n) is 6.62. The van der Waals surface area contributed by atoms with E-state index in [1.165, 1.54) is 0 Å². The summed E-state index contributed by atoms with van der Waals surface area (Å²) in [5.41, 5.74) is 0.631. The number of benzene rings is 1. The highest BCUT2D eigenvalue weighted by molar-refractivity contribution is 7.54. The molecule has 0 radical (unpaired) electrons. The minimum Gasteiger partial charge on any atom is -0.308 e. The second-order valence-corrected chi connectivity index (χ2v) is 6.59. The molecule has 1 aromatic rings. The van der Waals surface area contributed by atoms with Crippen molar-refractivity contribution in [3.8, 4) is 0 Å². The molecule has 0 saturated carbocycles. The zero-order valence-electron chi connectivity index (χ0n) is 12.4. The number of halogens is 1. The summed E-state index contributed by atoms with van der Waals surface area (Å²) in [7, 11) is -3.13. The van der Waals surface area contributed by atoms with E-state index in [1.807, 2.05) is 39.0 Å². The van der Waals surface area contributed by atoms with E-state index in [0.29, 0.717) is 24.7 Å². The molecule has 0 amide bonds. The molecular formula is C14H20ClO5P. The number of hydrogen-bond donors (Lipinski definition) is 0. The van der Waals surface area contributed by atoms with Gasteiger partial charge in [0.2, 0.25) is 0 Å². The van der Waals surface area contributed by atoms with Crippen LogP contribution in [-0.2, 0) is 23.2 Å². The molecule has 0 aliphatic rings. The maximum Gasteiger partial charge on any atom is 0.373 e. The Bertz CT molecular complexity index is 490. The van der Waals surface area contributed by atoms with Crippen molar-refractivity contribution in [2.45, 2.75) is 32.9 Å². The van der Waals surface area contributed by atoms with Crippen molar-refractivity contribution in [3.05, 3.63) is 34.9 Å². The molecule has 0 bridgehead atoms. The lowest BCUT2D eigenvalue weighted by Crippen LogP contribution is -2.06. The van der Waals surface area contributed by atoms with Gasteiger partial charge in [-0.1, -0.05) is 30.7 Å². The zero-order chi connectivity index (χ0) is 16.3. The summed E-state index contributed by atoms with van der Waals surface area (Å²) >= 11 is 5.98. The summed E-state index contributed by atoms with van der Waals surface area (Å²) < 4.78 is 23.6. The largest absolute Gasteiger partial charge is 0.373 e. The third-order valence-electron chi connectivity index (χ3n) is 2.62. The SMILES string of the molecule is CCOP(=O)(OCC)C(CC)c1cccc(Cl)c1.O=C=O. The highest BCUT2D eigenvalue weighted by Gasteiger charge is 2.35. The van der Waals surface area contributed by atoms with Crippen molar-refractivity contribution in [2.75, 3.05) is 13.2 Å². The van der Waals surface area contributed by atoms with Crippen LogP contribution in [0.5, 0.6) is 0 Å². The van der Waals surface area contributed by atoms with Gasteiger partial charge in [-0.3, -0.25) is 4.57 Å². The average molecular weight is 335 g/mol. The molecule has 0 spiro atoms. The van der Waals surface area contributed by atoms with Gasteiger partial charge in [-0.05, 0) is 38.0 Å². The van der Waals surface area contributed by atoms with Gasteiger partial charge in [-0.2, -0.15) is 9.59 Å². The molecule has 21 heavy (non-hydrogen) atoms. The van der Waals surface area contributed by atoms with E-state index < -0.39 is 7.60 Å². The van der Waals surface area contributed by atoms with Crippen LogP contribution in [0.1, 0.15) is 38.4 Å². The van der Waals surface area contributed by atoms with Crippen molar-refractivity contribution in [1.29, 1.82) is 0 Å². The van der Waals surface area contributed by atoms with Crippen molar-refractivity contribution < 1.29 is 23.2 Å². The molecule has 0 fully saturated rings. The molecule has 1 aromatic carbocycles. The third-order valence-corrected chi connectivity index (χ3v) is 5.52. The van der Waals surface area contributed by atoms with Crippen LogP contribution in [0.2, 0.25) is 5.02 Å². The van der Waals surface area contributed by atoms with Gasteiger partial charge in [0.1, 0.15) is 0 Å². The highest BCUT2D eigenvalue weighted by atomic mass is 35.5. The highest BCUT2D eigenvalue weighted by Crippen LogP contribution is 2.62. The number of carbonyl (C=O) groups excluding carboxylic acids is 2. The minimum atomic E-state index is -3.13. The van der Waals surface area contributed by atoms with Crippen LogP contribution in [0.3, 0.4) is 0 Å². The summed E-state index contributed by atoms with van der Waals surface area (Å²) in [5.74, 6) is 0. The smallest absolute Gasteiger partial charge is 0.308 e. The Balaban J connectivity index is 0.00000122. The van der Waals surface area contributed by atoms with Crippen molar-refractivity contribution >= 4 is 25.3 Å². The Hall–Kier alpha value is -0.960. The van der Waals surface area contributed by atoms with E-state index >= 15 is 0 Å². The van der Waals surface area contributed by atoms with Crippen LogP contribution in [0.4, 0.5) is 0 Å². The summed E-state index contributed by atoms with van der Waals surface area (Å²) in [6.07, 6.45) is 0.928. The van der Waals surface area contributed by atoms with Gasteiger partial charge in [0.05, 0.1) is 18.9 Å². The molecule has 0 aromatic heterocycles. The Kier molecular flexibility index (Phi) is 10.2. The molecule has 0 saturated heterocycles. The van der Waals surface area contributed by atoms with E-state index in [2.05, 4.69) is 0 Å². The predicted octanol–water partition coefficient (Wildman–Crippen LogP) is 4.47. The molecule has 118 valence electrons. The Labute approximate surface area is 130 Å². The van der Waals surface area contributed by atoms with Crippen molar-refractivity contribution in [1.82, 2.24) is 0 Å². The van der Waals surface area contributed by atoms with Gasteiger partial charge in [-0.25, -0.2) is 0 Å². The minimum absolute atomic E-state index is 0.250. The van der Waals surface area contributed by atoms with Crippen molar-refractivity contribution in [3.63, 3.8) is 0 Å². The fraction of sp³-hybridized carbons (Fsp3) is 0.500. The molecule has 7 heteroatoms. The number of hydrogen-bond acceptors (Lipinski definition) is 5. The molecule has 0 aliphatic heterocycles. The van der Waals surface area contributed by atoms with Gasteiger partial charge in [0, 0.05) is 5.02 Å². The quantitative estimate of drug-likeness (QED) is 0.688. The maximum absolute atomic E-state index is 12.8. The van der Waals surface area contributed by atoms with Crippen LogP contribution in [0.25, 0.3) is 0 Å². The zero-order valence-corrected chi connectivity index (χ0v) is 14.0. The van der Waals surface area contributed by atoms with Crippen LogP contribution < -0.4 is 0 Å². The Morgan fingerprint density at radius 1 is 1.19 bits per heavy atom. The fourth-order valence-corrected chi connectivity index (χ4v) is 4.26. The van der Waals surface area contributed by atoms with Crippen LogP contribution in [0, 0.1) is 0 Å². The van der Waals surface area contributed by atoms with Crippen molar-refractivity contribution in [2.24, 2.45) is 0 Å². The summed E-state index contributed by atoms with van der Waals surface area (Å²) in [6.45, 7) is 6.34. The molecule has 0 N–H and O–H groups in total. The first-order valence-corrected chi connectivity index (χ1v) is 8.61. The predicted molar refractivity (Wildman–Crippen MR) is 80.3 cm³/mol. The lowest BCUT2D eigenvalue weighted by Gasteiger charge is -2.25. The third kappa shape index (κ3) is 6.56. The van der Waals surface area contributed by atoms with E-state index in [4.69, 9.17) is 30.2 Å². The van der Waals surface area contributed by atoms with Gasteiger partial charge in [0.15, 0.2) is 0 Å². The molecule has 1 unspecified atom stereocenters. The lowest BCUT2D eigenvalue weighted by molar-refractivity contribution is -0.191. The topological polar surface area (TPSA) is 69.7 Å². The molecular weight excluding hydrogens is 315 g/mol. The molecule has 1 rings (SSSR count). The summed E-state index contributed by atoms with van der Waals surface area (Å²) in [6, 6.07) is 7.37. The van der Waals surface area contributed by atoms with E-state index in [9.17, 15) is 4.57 Å². The van der Waals surface area contributed by atoms with Crippen LogP contribution >= 0.6 is 19.2 Å². The lowest BCUT2D eigenvalue weighted by atomic mass is 10.1. The normalized spacial score (nSPS) is 12.0. The second kappa shape index (κ2) is 10.7. The van der Waals surface area contributed by atoms with Gasteiger partial charge >= 0.3 is 13.7 Å². The fourth-order valence-electron chi connectivity index (χ4n) is 1.93. The van der Waals surface area contributed by atoms with Gasteiger partial charge in [-0.15, -0.1) is 0 Å². The summed E-state index contributed by atoms with van der Waals surface area (Å²) in [4.78, 5) is 16.2. The summed E-state index contributed by atoms with van der Waals surface area (Å²) in [5, 5.41) is 0.630. The first kappa shape index (κ1) is 20.0. The second-order valence-electron chi connectivity index (χ2n) is 3.94. The number of rotatable bonds is 7. The Morgan fingerprint density at radius 2 is 1.71 bits per heavy atom. The molecule has 5 nitrogen and oxygen atoms in total. The Morgan fingerprint density at radius 3 is 2.10 bits per heavy atom. The van der Waals surface area contributed by atoms with Gasteiger partial charge < -0.3 is 9.05 Å². The first-order chi connectivity index (χ1) is 9.98. The van der Waals surface area contributed by atoms with Crippen LogP contribution in [0.15, 0.2) is 24.3 Å².